The summed E-state index contributed by atoms with van der Waals surface area (Å²) in [5.74, 6) is 0.624. The number of pyridine rings is 1. The number of aromatic amines is 1. The van der Waals surface area contributed by atoms with Crippen LogP contribution < -0.4 is 5.56 Å². The molecule has 0 spiro atoms. The van der Waals surface area contributed by atoms with Gasteiger partial charge in [0.2, 0.25) is 0 Å². The first-order valence-corrected chi connectivity index (χ1v) is 7.22. The van der Waals surface area contributed by atoms with Gasteiger partial charge in [0.25, 0.3) is 5.56 Å². The van der Waals surface area contributed by atoms with Crippen molar-refractivity contribution in [2.75, 3.05) is 0 Å². The monoisotopic (exact) mass is 296 g/mol. The number of halogens is 1. The quantitative estimate of drug-likeness (QED) is 0.776. The van der Waals surface area contributed by atoms with Gasteiger partial charge in [-0.25, -0.2) is 4.39 Å². The van der Waals surface area contributed by atoms with Crippen LogP contribution in [0.3, 0.4) is 0 Å². The Hall–Kier alpha value is -2.62. The highest BCUT2D eigenvalue weighted by atomic mass is 19.1. The van der Waals surface area contributed by atoms with E-state index in [0.717, 1.165) is 22.5 Å². The smallest absolute Gasteiger partial charge is 0.256 e. The van der Waals surface area contributed by atoms with Crippen LogP contribution in [-0.4, -0.2) is 9.55 Å². The summed E-state index contributed by atoms with van der Waals surface area (Å²) in [6.45, 7) is 4.11. The van der Waals surface area contributed by atoms with Gasteiger partial charge in [0.05, 0.1) is 0 Å². The van der Waals surface area contributed by atoms with E-state index >= 15 is 0 Å². The number of hydrogen-bond acceptors (Lipinski definition) is 1. The van der Waals surface area contributed by atoms with E-state index in [1.165, 1.54) is 12.1 Å². The normalized spacial score (nSPS) is 11.1. The maximum atomic E-state index is 13.5. The van der Waals surface area contributed by atoms with Crippen LogP contribution in [0.15, 0.2) is 59.7 Å². The van der Waals surface area contributed by atoms with E-state index in [-0.39, 0.29) is 17.3 Å². The largest absolute Gasteiger partial charge is 0.348 e. The molecule has 0 saturated carbocycles. The topological polar surface area (TPSA) is 37.8 Å². The van der Waals surface area contributed by atoms with E-state index in [2.05, 4.69) is 18.8 Å². The van der Waals surface area contributed by atoms with Crippen molar-refractivity contribution in [3.8, 4) is 16.9 Å². The van der Waals surface area contributed by atoms with Crippen molar-refractivity contribution in [2.24, 2.45) is 0 Å². The fourth-order valence-electron chi connectivity index (χ4n) is 2.57. The van der Waals surface area contributed by atoms with Crippen molar-refractivity contribution in [1.29, 1.82) is 0 Å². The third kappa shape index (κ3) is 2.60. The Labute approximate surface area is 128 Å². The zero-order chi connectivity index (χ0) is 15.7. The molecule has 0 radical (unpaired) electrons. The average Bonchev–Trinajstić information content (AvgIpc) is 3.00. The van der Waals surface area contributed by atoms with E-state index in [0.29, 0.717) is 0 Å². The van der Waals surface area contributed by atoms with Gasteiger partial charge in [-0.1, -0.05) is 26.0 Å². The van der Waals surface area contributed by atoms with E-state index in [1.807, 2.05) is 24.4 Å². The molecule has 3 aromatic rings. The highest BCUT2D eigenvalue weighted by Crippen LogP contribution is 2.28. The second kappa shape index (κ2) is 5.64. The molecule has 0 aliphatic carbocycles. The Bertz CT molecular complexity index is 848. The number of rotatable bonds is 3. The maximum absolute atomic E-state index is 13.5. The minimum absolute atomic E-state index is 0.147. The molecular weight excluding hydrogens is 279 g/mol. The lowest BCUT2D eigenvalue weighted by molar-refractivity contribution is 0.628. The molecule has 0 aliphatic heterocycles. The Morgan fingerprint density at radius 3 is 2.59 bits per heavy atom. The van der Waals surface area contributed by atoms with E-state index in [9.17, 15) is 9.18 Å². The summed E-state index contributed by atoms with van der Waals surface area (Å²) in [6.07, 6.45) is 3.61. The highest BCUT2D eigenvalue weighted by Gasteiger charge is 2.13. The summed E-state index contributed by atoms with van der Waals surface area (Å²) >= 11 is 0. The van der Waals surface area contributed by atoms with Gasteiger partial charge < -0.3 is 4.98 Å². The summed E-state index contributed by atoms with van der Waals surface area (Å²) in [4.78, 5) is 15.5. The maximum Gasteiger partial charge on any atom is 0.256 e. The van der Waals surface area contributed by atoms with Crippen LogP contribution in [0.2, 0.25) is 0 Å². The van der Waals surface area contributed by atoms with E-state index in [1.54, 1.807) is 22.9 Å². The standard InChI is InChI=1S/C18H17FN2O/c1-12(2)16-11-21(17-7-4-8-20-17)18(22)10-15(16)13-5-3-6-14(19)9-13/h3-12,20H,1-2H3. The molecule has 0 saturated heterocycles. The third-order valence-corrected chi connectivity index (χ3v) is 3.68. The second-order valence-electron chi connectivity index (χ2n) is 5.57. The van der Waals surface area contributed by atoms with Crippen molar-refractivity contribution in [1.82, 2.24) is 9.55 Å². The molecule has 1 N–H and O–H groups in total. The van der Waals surface area contributed by atoms with Crippen molar-refractivity contribution >= 4 is 0 Å². The fraction of sp³-hybridized carbons (Fsp3) is 0.167. The summed E-state index contributed by atoms with van der Waals surface area (Å²) in [6, 6.07) is 11.6. The lowest BCUT2D eigenvalue weighted by atomic mass is 9.94. The average molecular weight is 296 g/mol. The summed E-state index contributed by atoms with van der Waals surface area (Å²) < 4.78 is 15.1. The molecule has 3 nitrogen and oxygen atoms in total. The SMILES string of the molecule is CC(C)c1cn(-c2ccc[nH]2)c(=O)cc1-c1cccc(F)c1. The fourth-order valence-corrected chi connectivity index (χ4v) is 2.57. The zero-order valence-electron chi connectivity index (χ0n) is 12.5. The first-order valence-electron chi connectivity index (χ1n) is 7.22. The third-order valence-electron chi connectivity index (χ3n) is 3.68. The minimum atomic E-state index is -0.305. The molecular formula is C18H17FN2O. The Balaban J connectivity index is 2.23. The molecule has 0 amide bonds. The van der Waals surface area contributed by atoms with Crippen LogP contribution in [0.4, 0.5) is 4.39 Å². The van der Waals surface area contributed by atoms with E-state index < -0.39 is 0 Å². The van der Waals surface area contributed by atoms with Crippen LogP contribution >= 0.6 is 0 Å². The minimum Gasteiger partial charge on any atom is -0.348 e. The zero-order valence-corrected chi connectivity index (χ0v) is 12.5. The summed E-state index contributed by atoms with van der Waals surface area (Å²) in [5, 5.41) is 0. The van der Waals surface area contributed by atoms with Gasteiger partial charge in [0, 0.05) is 18.5 Å². The van der Waals surface area contributed by atoms with Crippen molar-refractivity contribution < 1.29 is 4.39 Å². The van der Waals surface area contributed by atoms with Gasteiger partial charge >= 0.3 is 0 Å². The van der Waals surface area contributed by atoms with Crippen molar-refractivity contribution in [3.63, 3.8) is 0 Å². The molecule has 4 heteroatoms. The lowest BCUT2D eigenvalue weighted by Gasteiger charge is -2.15. The molecule has 3 rings (SSSR count). The van der Waals surface area contributed by atoms with E-state index in [4.69, 9.17) is 0 Å². The Morgan fingerprint density at radius 2 is 1.95 bits per heavy atom. The number of H-pyrrole nitrogens is 1. The van der Waals surface area contributed by atoms with Crippen LogP contribution in [0, 0.1) is 5.82 Å². The molecule has 22 heavy (non-hydrogen) atoms. The molecule has 0 aliphatic rings. The van der Waals surface area contributed by atoms with Crippen molar-refractivity contribution in [3.05, 3.63) is 76.6 Å². The lowest BCUT2D eigenvalue weighted by Crippen LogP contribution is -2.19. The molecule has 1 aromatic carbocycles. The van der Waals surface area contributed by atoms with Gasteiger partial charge in [-0.15, -0.1) is 0 Å². The molecule has 0 atom stereocenters. The number of hydrogen-bond donors (Lipinski definition) is 1. The van der Waals surface area contributed by atoms with Gasteiger partial charge in [-0.05, 0) is 46.9 Å². The Morgan fingerprint density at radius 1 is 1.14 bits per heavy atom. The molecule has 0 unspecified atom stereocenters. The Kier molecular flexibility index (Phi) is 3.67. The number of nitrogens with one attached hydrogen (secondary N) is 1. The second-order valence-corrected chi connectivity index (χ2v) is 5.57. The number of benzene rings is 1. The van der Waals surface area contributed by atoms with Gasteiger partial charge in [0.1, 0.15) is 11.6 Å². The predicted molar refractivity (Wildman–Crippen MR) is 85.9 cm³/mol. The number of nitrogens with zero attached hydrogens (tertiary/aromatic N) is 1. The molecule has 0 bridgehead atoms. The summed E-state index contributed by atoms with van der Waals surface area (Å²) in [7, 11) is 0. The molecule has 112 valence electrons. The van der Waals surface area contributed by atoms with Crippen LogP contribution in [0.25, 0.3) is 16.9 Å². The van der Waals surface area contributed by atoms with Gasteiger partial charge in [0.15, 0.2) is 0 Å². The highest BCUT2D eigenvalue weighted by molar-refractivity contribution is 5.67. The van der Waals surface area contributed by atoms with Gasteiger partial charge in [-0.3, -0.25) is 9.36 Å². The van der Waals surface area contributed by atoms with Crippen molar-refractivity contribution in [2.45, 2.75) is 19.8 Å². The van der Waals surface area contributed by atoms with Crippen LogP contribution in [0.5, 0.6) is 0 Å². The number of aromatic nitrogens is 2. The first kappa shape index (κ1) is 14.3. The van der Waals surface area contributed by atoms with Crippen LogP contribution in [-0.2, 0) is 0 Å². The predicted octanol–water partition coefficient (Wildman–Crippen LogP) is 4.10. The molecule has 2 heterocycles. The molecule has 0 fully saturated rings. The summed E-state index contributed by atoms with van der Waals surface area (Å²) in [5.41, 5.74) is 2.35. The van der Waals surface area contributed by atoms with Crippen LogP contribution in [0.1, 0.15) is 25.3 Å². The van der Waals surface area contributed by atoms with Gasteiger partial charge in [-0.2, -0.15) is 0 Å². The first-order chi connectivity index (χ1) is 10.6. The molecule has 2 aromatic heterocycles.